The number of aryl methyl sites for hydroxylation is 1. The zero-order valence-corrected chi connectivity index (χ0v) is 12.2. The Balaban J connectivity index is 1.91. The van der Waals surface area contributed by atoms with E-state index in [-0.39, 0.29) is 12.5 Å². The number of unbranched alkanes of at least 4 members (excludes halogenated alkanes) is 2. The first kappa shape index (κ1) is 14.7. The Kier molecular flexibility index (Phi) is 5.25. The second kappa shape index (κ2) is 7.16. The summed E-state index contributed by atoms with van der Waals surface area (Å²) in [5.41, 5.74) is 5.87. The van der Waals surface area contributed by atoms with Gasteiger partial charge in [-0.25, -0.2) is 0 Å². The van der Waals surface area contributed by atoms with Crippen LogP contribution in [0.1, 0.15) is 47.3 Å². The van der Waals surface area contributed by atoms with E-state index in [2.05, 4.69) is 22.4 Å². The molecule has 20 heavy (non-hydrogen) atoms. The fraction of sp³-hybridized carbons (Fsp3) is 0.462. The number of anilines is 1. The van der Waals surface area contributed by atoms with Crippen LogP contribution in [0.5, 0.6) is 0 Å². The van der Waals surface area contributed by atoms with Gasteiger partial charge in [0.25, 0.3) is 5.91 Å². The van der Waals surface area contributed by atoms with Crippen molar-refractivity contribution in [1.29, 1.82) is 0 Å². The van der Waals surface area contributed by atoms with E-state index in [1.165, 1.54) is 30.4 Å². The van der Waals surface area contributed by atoms with Crippen molar-refractivity contribution in [3.05, 3.63) is 28.7 Å². The summed E-state index contributed by atoms with van der Waals surface area (Å²) < 4.78 is 5.12. The lowest BCUT2D eigenvalue weighted by Crippen LogP contribution is -2.10. The normalized spacial score (nSPS) is 10.7. The first-order valence-corrected chi connectivity index (χ1v) is 7.45. The topological polar surface area (TPSA) is 94.0 Å². The molecule has 0 spiro atoms. The van der Waals surface area contributed by atoms with Crippen LogP contribution < -0.4 is 11.1 Å². The van der Waals surface area contributed by atoms with Gasteiger partial charge in [-0.3, -0.25) is 10.1 Å². The highest BCUT2D eigenvalue weighted by Crippen LogP contribution is 2.18. The van der Waals surface area contributed by atoms with E-state index in [4.69, 9.17) is 10.2 Å². The van der Waals surface area contributed by atoms with Crippen LogP contribution in [-0.2, 0) is 13.0 Å². The molecule has 0 aliphatic carbocycles. The third kappa shape index (κ3) is 3.88. The molecule has 7 heteroatoms. The number of nitrogens with two attached hydrogens (primary N) is 1. The quantitative estimate of drug-likeness (QED) is 0.765. The molecular formula is C13H18N4O2S. The third-order valence-corrected chi connectivity index (χ3v) is 3.70. The third-order valence-electron chi connectivity index (χ3n) is 2.80. The van der Waals surface area contributed by atoms with E-state index in [1.807, 2.05) is 0 Å². The standard InChI is InChI=1S/C13H18N4O2S/c1-2-3-4-5-11-16-17-13(20-11)15-12(18)9-6-10(7-14)19-8-9/h6,8H,2-5,7,14H2,1H3,(H,15,17,18). The van der Waals surface area contributed by atoms with Gasteiger partial charge in [-0.15, -0.1) is 10.2 Å². The summed E-state index contributed by atoms with van der Waals surface area (Å²) in [6.45, 7) is 2.43. The summed E-state index contributed by atoms with van der Waals surface area (Å²) in [5.74, 6) is 0.317. The van der Waals surface area contributed by atoms with Crippen molar-refractivity contribution in [2.24, 2.45) is 5.73 Å². The van der Waals surface area contributed by atoms with Crippen LogP contribution in [0.2, 0.25) is 0 Å². The Labute approximate surface area is 121 Å². The number of carbonyl (C=O) groups is 1. The predicted octanol–water partition coefficient (Wildman–Crippen LogP) is 2.57. The molecule has 0 aromatic carbocycles. The molecule has 3 N–H and O–H groups in total. The number of aromatic nitrogens is 2. The number of furan rings is 1. The Bertz CT molecular complexity index is 564. The minimum Gasteiger partial charge on any atom is -0.467 e. The van der Waals surface area contributed by atoms with E-state index in [1.54, 1.807) is 6.07 Å². The highest BCUT2D eigenvalue weighted by atomic mass is 32.1. The maximum absolute atomic E-state index is 11.9. The van der Waals surface area contributed by atoms with Crippen molar-refractivity contribution in [3.8, 4) is 0 Å². The average molecular weight is 294 g/mol. The molecule has 2 heterocycles. The Morgan fingerprint density at radius 3 is 3.00 bits per heavy atom. The van der Waals surface area contributed by atoms with E-state index in [9.17, 15) is 4.79 Å². The van der Waals surface area contributed by atoms with Gasteiger partial charge in [0, 0.05) is 6.42 Å². The molecule has 2 rings (SSSR count). The molecule has 0 bridgehead atoms. The fourth-order valence-corrected chi connectivity index (χ4v) is 2.48. The van der Waals surface area contributed by atoms with Crippen molar-refractivity contribution in [2.75, 3.05) is 5.32 Å². The molecule has 6 nitrogen and oxygen atoms in total. The Hall–Kier alpha value is -1.73. The number of rotatable bonds is 7. The molecule has 0 saturated carbocycles. The van der Waals surface area contributed by atoms with Gasteiger partial charge in [-0.2, -0.15) is 0 Å². The first-order valence-electron chi connectivity index (χ1n) is 6.64. The van der Waals surface area contributed by atoms with Gasteiger partial charge in [0.1, 0.15) is 17.0 Å². The lowest BCUT2D eigenvalue weighted by atomic mass is 10.2. The van der Waals surface area contributed by atoms with Gasteiger partial charge in [0.2, 0.25) is 5.13 Å². The number of carbonyl (C=O) groups excluding carboxylic acids is 1. The summed E-state index contributed by atoms with van der Waals surface area (Å²) in [6, 6.07) is 1.62. The minimum atomic E-state index is -0.260. The summed E-state index contributed by atoms with van der Waals surface area (Å²) >= 11 is 1.41. The molecular weight excluding hydrogens is 276 g/mol. The molecule has 0 saturated heterocycles. The van der Waals surface area contributed by atoms with Crippen molar-refractivity contribution >= 4 is 22.4 Å². The lowest BCUT2D eigenvalue weighted by molar-refractivity contribution is 0.102. The van der Waals surface area contributed by atoms with Gasteiger partial charge >= 0.3 is 0 Å². The van der Waals surface area contributed by atoms with Crippen molar-refractivity contribution in [2.45, 2.75) is 39.2 Å². The molecule has 1 amide bonds. The summed E-state index contributed by atoms with van der Waals surface area (Å²) in [5, 5.41) is 12.2. The molecule has 0 radical (unpaired) electrons. The van der Waals surface area contributed by atoms with Crippen LogP contribution in [-0.4, -0.2) is 16.1 Å². The maximum Gasteiger partial charge on any atom is 0.260 e. The number of hydrogen-bond donors (Lipinski definition) is 2. The van der Waals surface area contributed by atoms with Crippen LogP contribution in [0.15, 0.2) is 16.7 Å². The van der Waals surface area contributed by atoms with Crippen LogP contribution in [0.4, 0.5) is 5.13 Å². The van der Waals surface area contributed by atoms with E-state index in [0.717, 1.165) is 17.8 Å². The van der Waals surface area contributed by atoms with Crippen molar-refractivity contribution in [1.82, 2.24) is 10.2 Å². The van der Waals surface area contributed by atoms with Gasteiger partial charge in [-0.05, 0) is 12.5 Å². The van der Waals surface area contributed by atoms with Gasteiger partial charge < -0.3 is 10.2 Å². The first-order chi connectivity index (χ1) is 9.72. The largest absolute Gasteiger partial charge is 0.467 e. The predicted molar refractivity (Wildman–Crippen MR) is 77.7 cm³/mol. The SMILES string of the molecule is CCCCCc1nnc(NC(=O)c2coc(CN)c2)s1. The lowest BCUT2D eigenvalue weighted by Gasteiger charge is -1.96. The van der Waals surface area contributed by atoms with Crippen molar-refractivity contribution in [3.63, 3.8) is 0 Å². The highest BCUT2D eigenvalue weighted by Gasteiger charge is 2.12. The summed E-state index contributed by atoms with van der Waals surface area (Å²) in [7, 11) is 0. The second-order valence-electron chi connectivity index (χ2n) is 4.42. The van der Waals surface area contributed by atoms with Crippen molar-refractivity contribution < 1.29 is 9.21 Å². The van der Waals surface area contributed by atoms with Gasteiger partial charge in [-0.1, -0.05) is 31.1 Å². The smallest absolute Gasteiger partial charge is 0.260 e. The van der Waals surface area contributed by atoms with Crippen LogP contribution in [0, 0.1) is 0 Å². The van der Waals surface area contributed by atoms with E-state index in [0.29, 0.717) is 16.5 Å². The second-order valence-corrected chi connectivity index (χ2v) is 5.48. The highest BCUT2D eigenvalue weighted by molar-refractivity contribution is 7.15. The van der Waals surface area contributed by atoms with Gasteiger partial charge in [0.05, 0.1) is 12.1 Å². The Morgan fingerprint density at radius 1 is 1.45 bits per heavy atom. The zero-order valence-electron chi connectivity index (χ0n) is 11.4. The molecule has 0 atom stereocenters. The van der Waals surface area contributed by atoms with E-state index >= 15 is 0 Å². The van der Waals surface area contributed by atoms with E-state index < -0.39 is 0 Å². The Morgan fingerprint density at radius 2 is 2.30 bits per heavy atom. The molecule has 0 aliphatic rings. The number of hydrogen-bond acceptors (Lipinski definition) is 6. The van der Waals surface area contributed by atoms with Crippen LogP contribution in [0.3, 0.4) is 0 Å². The molecule has 2 aromatic heterocycles. The number of nitrogens with one attached hydrogen (secondary N) is 1. The van der Waals surface area contributed by atoms with Gasteiger partial charge in [0.15, 0.2) is 0 Å². The van der Waals surface area contributed by atoms with Crippen LogP contribution >= 0.6 is 11.3 Å². The average Bonchev–Trinajstić information content (AvgIpc) is 3.08. The monoisotopic (exact) mass is 294 g/mol. The fourth-order valence-electron chi connectivity index (χ4n) is 1.71. The molecule has 0 fully saturated rings. The zero-order chi connectivity index (χ0) is 14.4. The summed E-state index contributed by atoms with van der Waals surface area (Å²) in [6.07, 6.45) is 5.75. The van der Waals surface area contributed by atoms with Crippen LogP contribution in [0.25, 0.3) is 0 Å². The summed E-state index contributed by atoms with van der Waals surface area (Å²) in [4.78, 5) is 11.9. The maximum atomic E-state index is 11.9. The molecule has 2 aromatic rings. The molecule has 0 unspecified atom stereocenters. The molecule has 108 valence electrons. The number of nitrogens with zero attached hydrogens (tertiary/aromatic N) is 2. The number of amides is 1. The molecule has 0 aliphatic heterocycles. The minimum absolute atomic E-state index is 0.260.